The van der Waals surface area contributed by atoms with Crippen LogP contribution in [0.3, 0.4) is 0 Å². The number of benzene rings is 2. The summed E-state index contributed by atoms with van der Waals surface area (Å²) in [6, 6.07) is 13.6. The maximum Gasteiger partial charge on any atom is 0.270 e. The monoisotopic (exact) mass is 329 g/mol. The SMILES string of the molecule is Cc1ccccc1N1C(=O)/C(=C/c2ccc(F)cc2)SC1=S. The molecule has 1 aliphatic rings. The van der Waals surface area contributed by atoms with Gasteiger partial charge in [-0.15, -0.1) is 0 Å². The van der Waals surface area contributed by atoms with Gasteiger partial charge in [-0.05, 0) is 42.3 Å². The lowest BCUT2D eigenvalue weighted by atomic mass is 10.1. The number of hydrogen-bond donors (Lipinski definition) is 0. The van der Waals surface area contributed by atoms with Crippen LogP contribution in [0.1, 0.15) is 11.1 Å². The summed E-state index contributed by atoms with van der Waals surface area (Å²) in [6.45, 7) is 1.94. The number of halogens is 1. The average molecular weight is 329 g/mol. The number of carbonyl (C=O) groups excluding carboxylic acids is 1. The third-order valence-electron chi connectivity index (χ3n) is 3.32. The molecule has 0 aliphatic carbocycles. The normalized spacial score (nSPS) is 16.6. The highest BCUT2D eigenvalue weighted by molar-refractivity contribution is 8.27. The third kappa shape index (κ3) is 2.82. The van der Waals surface area contributed by atoms with Crippen molar-refractivity contribution in [3.63, 3.8) is 0 Å². The second kappa shape index (κ2) is 6.02. The minimum atomic E-state index is -0.301. The molecule has 2 aromatic rings. The van der Waals surface area contributed by atoms with Crippen LogP contribution < -0.4 is 4.90 Å². The molecule has 1 fully saturated rings. The van der Waals surface area contributed by atoms with Gasteiger partial charge in [0.15, 0.2) is 4.32 Å². The Kier molecular flexibility index (Phi) is 4.09. The van der Waals surface area contributed by atoms with E-state index in [0.717, 1.165) is 16.8 Å². The fourth-order valence-corrected chi connectivity index (χ4v) is 3.48. The maximum atomic E-state index is 12.9. The Morgan fingerprint density at radius 1 is 1.14 bits per heavy atom. The molecule has 0 unspecified atom stereocenters. The van der Waals surface area contributed by atoms with Crippen LogP contribution in [0.4, 0.5) is 10.1 Å². The number of anilines is 1. The molecular weight excluding hydrogens is 317 g/mol. The van der Waals surface area contributed by atoms with Crippen molar-refractivity contribution in [3.05, 3.63) is 70.4 Å². The van der Waals surface area contributed by atoms with E-state index in [4.69, 9.17) is 12.2 Å². The van der Waals surface area contributed by atoms with Crippen molar-refractivity contribution in [1.82, 2.24) is 0 Å². The van der Waals surface area contributed by atoms with E-state index in [9.17, 15) is 9.18 Å². The van der Waals surface area contributed by atoms with Crippen molar-refractivity contribution in [3.8, 4) is 0 Å². The van der Waals surface area contributed by atoms with E-state index < -0.39 is 0 Å². The fourth-order valence-electron chi connectivity index (χ4n) is 2.20. The van der Waals surface area contributed by atoms with Gasteiger partial charge < -0.3 is 0 Å². The summed E-state index contributed by atoms with van der Waals surface area (Å²) < 4.78 is 13.5. The van der Waals surface area contributed by atoms with Gasteiger partial charge in [0.25, 0.3) is 5.91 Å². The molecule has 2 nitrogen and oxygen atoms in total. The fraction of sp³-hybridized carbons (Fsp3) is 0.0588. The van der Waals surface area contributed by atoms with Crippen molar-refractivity contribution in [2.45, 2.75) is 6.92 Å². The summed E-state index contributed by atoms with van der Waals surface area (Å²) in [6.07, 6.45) is 1.73. The average Bonchev–Trinajstić information content (AvgIpc) is 2.77. The van der Waals surface area contributed by atoms with Gasteiger partial charge in [-0.2, -0.15) is 0 Å². The zero-order valence-electron chi connectivity index (χ0n) is 11.7. The highest BCUT2D eigenvalue weighted by Crippen LogP contribution is 2.37. The molecule has 110 valence electrons. The summed E-state index contributed by atoms with van der Waals surface area (Å²) >= 11 is 6.60. The molecular formula is C17H12FNOS2. The van der Waals surface area contributed by atoms with Gasteiger partial charge >= 0.3 is 0 Å². The Bertz CT molecular complexity index is 784. The number of amides is 1. The summed E-state index contributed by atoms with van der Waals surface area (Å²) in [5.74, 6) is -0.446. The van der Waals surface area contributed by atoms with Gasteiger partial charge in [-0.1, -0.05) is 54.3 Å². The Labute approximate surface area is 137 Å². The van der Waals surface area contributed by atoms with E-state index in [-0.39, 0.29) is 11.7 Å². The third-order valence-corrected chi connectivity index (χ3v) is 4.62. The van der Waals surface area contributed by atoms with Gasteiger partial charge in [-0.3, -0.25) is 9.69 Å². The van der Waals surface area contributed by atoms with Crippen LogP contribution in [0.5, 0.6) is 0 Å². The van der Waals surface area contributed by atoms with Gasteiger partial charge in [0.1, 0.15) is 5.82 Å². The number of thioether (sulfide) groups is 1. The Morgan fingerprint density at radius 2 is 1.82 bits per heavy atom. The lowest BCUT2D eigenvalue weighted by Crippen LogP contribution is -2.28. The maximum absolute atomic E-state index is 12.9. The van der Waals surface area contributed by atoms with Crippen LogP contribution in [-0.4, -0.2) is 10.2 Å². The van der Waals surface area contributed by atoms with Crippen LogP contribution in [-0.2, 0) is 4.79 Å². The standard InChI is InChI=1S/C17H12FNOS2/c1-11-4-2-3-5-14(11)19-16(20)15(22-17(19)21)10-12-6-8-13(18)9-7-12/h2-10H,1H3/b15-10-. The topological polar surface area (TPSA) is 20.3 Å². The molecule has 0 spiro atoms. The number of hydrogen-bond acceptors (Lipinski definition) is 3. The number of rotatable bonds is 2. The van der Waals surface area contributed by atoms with E-state index in [2.05, 4.69) is 0 Å². The van der Waals surface area contributed by atoms with Gasteiger partial charge in [0.05, 0.1) is 10.6 Å². The molecule has 1 amide bonds. The minimum Gasteiger partial charge on any atom is -0.268 e. The minimum absolute atomic E-state index is 0.145. The van der Waals surface area contributed by atoms with Crippen LogP contribution in [0.25, 0.3) is 6.08 Å². The van der Waals surface area contributed by atoms with Crippen LogP contribution in [0.15, 0.2) is 53.4 Å². The predicted octanol–water partition coefficient (Wildman–Crippen LogP) is 4.54. The first-order valence-electron chi connectivity index (χ1n) is 6.65. The number of nitrogens with zero attached hydrogens (tertiary/aromatic N) is 1. The van der Waals surface area contributed by atoms with E-state index in [0.29, 0.717) is 9.23 Å². The summed E-state index contributed by atoms with van der Waals surface area (Å²) in [4.78, 5) is 14.7. The summed E-state index contributed by atoms with van der Waals surface area (Å²) in [7, 11) is 0. The van der Waals surface area contributed by atoms with Crippen LogP contribution in [0, 0.1) is 12.7 Å². The Morgan fingerprint density at radius 3 is 2.50 bits per heavy atom. The zero-order valence-corrected chi connectivity index (χ0v) is 13.4. The van der Waals surface area contributed by atoms with Crippen LogP contribution in [0.2, 0.25) is 0 Å². The van der Waals surface area contributed by atoms with Gasteiger partial charge in [-0.25, -0.2) is 4.39 Å². The summed E-state index contributed by atoms with van der Waals surface area (Å²) in [5.41, 5.74) is 2.56. The highest BCUT2D eigenvalue weighted by atomic mass is 32.2. The van der Waals surface area contributed by atoms with E-state index in [1.807, 2.05) is 31.2 Å². The molecule has 0 N–H and O–H groups in total. The molecule has 1 heterocycles. The van der Waals surface area contributed by atoms with Gasteiger partial charge in [0, 0.05) is 0 Å². The highest BCUT2D eigenvalue weighted by Gasteiger charge is 2.33. The number of thiocarbonyl (C=S) groups is 1. The molecule has 3 rings (SSSR count). The molecule has 22 heavy (non-hydrogen) atoms. The lowest BCUT2D eigenvalue weighted by Gasteiger charge is -2.16. The van der Waals surface area contributed by atoms with E-state index in [1.54, 1.807) is 23.1 Å². The molecule has 0 atom stereocenters. The van der Waals surface area contributed by atoms with Crippen LogP contribution >= 0.6 is 24.0 Å². The summed E-state index contributed by atoms with van der Waals surface area (Å²) in [5, 5.41) is 0. The zero-order chi connectivity index (χ0) is 15.7. The second-order valence-corrected chi connectivity index (χ2v) is 6.53. The quantitative estimate of drug-likeness (QED) is 0.596. The van der Waals surface area contributed by atoms with Crippen molar-refractivity contribution in [2.75, 3.05) is 4.90 Å². The first kappa shape index (κ1) is 14.9. The van der Waals surface area contributed by atoms with Crippen molar-refractivity contribution >= 4 is 46.0 Å². The van der Waals surface area contributed by atoms with Crippen molar-refractivity contribution < 1.29 is 9.18 Å². The molecule has 2 aromatic carbocycles. The van der Waals surface area contributed by atoms with Gasteiger partial charge in [0.2, 0.25) is 0 Å². The molecule has 0 aromatic heterocycles. The van der Waals surface area contributed by atoms with Crippen molar-refractivity contribution in [2.24, 2.45) is 0 Å². The second-order valence-electron chi connectivity index (χ2n) is 4.86. The van der Waals surface area contributed by atoms with E-state index >= 15 is 0 Å². The first-order valence-corrected chi connectivity index (χ1v) is 7.88. The lowest BCUT2D eigenvalue weighted by molar-refractivity contribution is -0.113. The van der Waals surface area contributed by atoms with E-state index in [1.165, 1.54) is 23.9 Å². The Balaban J connectivity index is 1.95. The Hall–Kier alpha value is -1.98. The molecule has 1 aliphatic heterocycles. The smallest absolute Gasteiger partial charge is 0.268 e. The predicted molar refractivity (Wildman–Crippen MR) is 93.2 cm³/mol. The molecule has 5 heteroatoms. The molecule has 0 radical (unpaired) electrons. The first-order chi connectivity index (χ1) is 10.6. The number of aryl methyl sites for hydroxylation is 1. The molecule has 0 saturated carbocycles. The van der Waals surface area contributed by atoms with Crippen molar-refractivity contribution in [1.29, 1.82) is 0 Å². The number of para-hydroxylation sites is 1. The molecule has 0 bridgehead atoms. The largest absolute Gasteiger partial charge is 0.270 e. The molecule has 1 saturated heterocycles. The number of carbonyl (C=O) groups is 1.